The third kappa shape index (κ3) is 2.53. The lowest BCUT2D eigenvalue weighted by molar-refractivity contribution is -0.389. The normalized spacial score (nSPS) is 11.6. The van der Waals surface area contributed by atoms with Gasteiger partial charge in [0.25, 0.3) is 0 Å². The Morgan fingerprint density at radius 1 is 1.50 bits per heavy atom. The van der Waals surface area contributed by atoms with Crippen LogP contribution >= 0.6 is 0 Å². The van der Waals surface area contributed by atoms with E-state index < -0.39 is 14.8 Å². The highest BCUT2D eigenvalue weighted by atomic mass is 32.2. The molecule has 0 saturated heterocycles. The van der Waals surface area contributed by atoms with Crippen molar-refractivity contribution in [2.75, 3.05) is 6.26 Å². The van der Waals surface area contributed by atoms with Gasteiger partial charge in [0.05, 0.1) is 5.10 Å². The summed E-state index contributed by atoms with van der Waals surface area (Å²) in [6, 6.07) is 2.76. The molecule has 10 heteroatoms. The molecule has 9 nitrogen and oxygen atoms in total. The van der Waals surface area contributed by atoms with Crippen LogP contribution in [-0.4, -0.2) is 34.6 Å². The summed E-state index contributed by atoms with van der Waals surface area (Å²) in [5.74, 6) is -0.0918. The smallest absolute Gasteiger partial charge is 0.410 e. The molecule has 0 aliphatic carbocycles. The van der Waals surface area contributed by atoms with Crippen molar-refractivity contribution in [1.82, 2.24) is 15.0 Å². The van der Waals surface area contributed by atoms with E-state index in [0.29, 0.717) is 5.76 Å². The molecule has 0 unspecified atom stereocenters. The number of hydrogen-bond acceptors (Lipinski definition) is 7. The van der Waals surface area contributed by atoms with Crippen molar-refractivity contribution >= 4 is 15.7 Å². The second kappa shape index (κ2) is 4.22. The minimum absolute atomic E-state index is 0.0172. The lowest BCUT2D eigenvalue weighted by Gasteiger charge is -1.92. The summed E-state index contributed by atoms with van der Waals surface area (Å²) in [6.07, 6.45) is 2.02. The van der Waals surface area contributed by atoms with Gasteiger partial charge in [-0.1, -0.05) is 4.80 Å². The zero-order valence-corrected chi connectivity index (χ0v) is 9.99. The molecule has 0 aliphatic heterocycles. The maximum atomic E-state index is 11.2. The van der Waals surface area contributed by atoms with E-state index in [0.717, 1.165) is 17.2 Å². The summed E-state index contributed by atoms with van der Waals surface area (Å²) < 4.78 is 27.4. The summed E-state index contributed by atoms with van der Waals surface area (Å²) in [5, 5.41) is 17.5. The Hall–Kier alpha value is -2.23. The van der Waals surface area contributed by atoms with Crippen molar-refractivity contribution in [2.45, 2.75) is 11.6 Å². The molecule has 0 N–H and O–H groups in total. The highest BCUT2D eigenvalue weighted by molar-refractivity contribution is 7.90. The van der Waals surface area contributed by atoms with Gasteiger partial charge in [-0.25, -0.2) is 8.42 Å². The number of furan rings is 1. The second-order valence-electron chi connectivity index (χ2n) is 3.48. The largest absolute Gasteiger partial charge is 0.448 e. The summed E-state index contributed by atoms with van der Waals surface area (Å²) in [7, 11) is -3.41. The van der Waals surface area contributed by atoms with Crippen molar-refractivity contribution in [3.8, 4) is 0 Å². The van der Waals surface area contributed by atoms with Crippen molar-refractivity contribution in [3.05, 3.63) is 34.2 Å². The van der Waals surface area contributed by atoms with E-state index in [1.807, 2.05) is 0 Å². The minimum Gasteiger partial charge on any atom is -0.448 e. The topological polar surface area (TPSA) is 121 Å². The Labute approximate surface area is 101 Å². The summed E-state index contributed by atoms with van der Waals surface area (Å²) >= 11 is 0. The number of rotatable bonds is 4. The Balaban J connectivity index is 2.19. The number of sulfone groups is 1. The molecule has 0 spiro atoms. The van der Waals surface area contributed by atoms with Gasteiger partial charge in [0.15, 0.2) is 6.20 Å². The SMILES string of the molecule is CS(=O)(=O)c1ccc(Cn2ncc([N+](=O)[O-])n2)o1. The molecule has 2 aromatic rings. The Morgan fingerprint density at radius 2 is 2.22 bits per heavy atom. The van der Waals surface area contributed by atoms with E-state index in [4.69, 9.17) is 4.42 Å². The van der Waals surface area contributed by atoms with Crippen LogP contribution in [0.1, 0.15) is 5.76 Å². The number of hydrogen-bond donors (Lipinski definition) is 0. The van der Waals surface area contributed by atoms with Crippen LogP contribution in [0, 0.1) is 10.1 Å². The lowest BCUT2D eigenvalue weighted by atomic mass is 10.5. The first-order valence-electron chi connectivity index (χ1n) is 4.69. The van der Waals surface area contributed by atoms with Crippen molar-refractivity contribution in [1.29, 1.82) is 0 Å². The molecule has 0 aromatic carbocycles. The zero-order valence-electron chi connectivity index (χ0n) is 9.18. The molecule has 0 saturated carbocycles. The molecule has 18 heavy (non-hydrogen) atoms. The summed E-state index contributed by atoms with van der Waals surface area (Å²) in [5.41, 5.74) is 0. The molecule has 0 amide bonds. The first-order chi connectivity index (χ1) is 8.36. The maximum Gasteiger partial charge on any atom is 0.410 e. The van der Waals surface area contributed by atoms with Crippen LogP contribution in [-0.2, 0) is 16.4 Å². The Morgan fingerprint density at radius 3 is 2.72 bits per heavy atom. The van der Waals surface area contributed by atoms with Crippen LogP contribution in [0.3, 0.4) is 0 Å². The highest BCUT2D eigenvalue weighted by Crippen LogP contribution is 2.14. The maximum absolute atomic E-state index is 11.2. The molecular formula is C8H8N4O5S. The molecular weight excluding hydrogens is 264 g/mol. The van der Waals surface area contributed by atoms with Gasteiger partial charge in [0.2, 0.25) is 14.9 Å². The zero-order chi connectivity index (χ0) is 13.3. The molecule has 96 valence electrons. The predicted octanol–water partition coefficient (Wildman–Crippen LogP) is 0.231. The molecule has 2 heterocycles. The van der Waals surface area contributed by atoms with E-state index in [-0.39, 0.29) is 17.5 Å². The van der Waals surface area contributed by atoms with Gasteiger partial charge in [-0.2, -0.15) is 0 Å². The second-order valence-corrected chi connectivity index (χ2v) is 5.43. The number of nitro groups is 1. The lowest BCUT2D eigenvalue weighted by Crippen LogP contribution is -2.03. The fourth-order valence-corrected chi connectivity index (χ4v) is 1.80. The van der Waals surface area contributed by atoms with Crippen LogP contribution < -0.4 is 0 Å². The van der Waals surface area contributed by atoms with Gasteiger partial charge in [-0.05, 0) is 17.1 Å². The summed E-state index contributed by atoms with van der Waals surface area (Å²) in [6.45, 7) is 0.0172. The van der Waals surface area contributed by atoms with Gasteiger partial charge in [0.1, 0.15) is 12.3 Å². The standard InChI is InChI=1S/C8H8N4O5S/c1-18(15,16)8-3-2-6(17-8)5-11-9-4-7(10-11)12(13)14/h2-4H,5H2,1H3. The van der Waals surface area contributed by atoms with Crippen molar-refractivity contribution < 1.29 is 17.8 Å². The monoisotopic (exact) mass is 272 g/mol. The third-order valence-electron chi connectivity index (χ3n) is 2.01. The first kappa shape index (κ1) is 12.2. The Bertz CT molecular complexity index is 686. The minimum atomic E-state index is -3.41. The first-order valence-corrected chi connectivity index (χ1v) is 6.59. The molecule has 2 rings (SSSR count). The number of aromatic nitrogens is 3. The van der Waals surface area contributed by atoms with Gasteiger partial charge in [0, 0.05) is 6.26 Å². The molecule has 0 bridgehead atoms. The quantitative estimate of drug-likeness (QED) is 0.576. The molecule has 0 radical (unpaired) electrons. The van der Waals surface area contributed by atoms with E-state index >= 15 is 0 Å². The van der Waals surface area contributed by atoms with Crippen LogP contribution in [0.25, 0.3) is 0 Å². The third-order valence-corrected chi connectivity index (χ3v) is 2.96. The van der Waals surface area contributed by atoms with Crippen LogP contribution in [0.4, 0.5) is 5.82 Å². The van der Waals surface area contributed by atoms with Gasteiger partial charge in [-0.3, -0.25) is 0 Å². The van der Waals surface area contributed by atoms with Gasteiger partial charge >= 0.3 is 5.82 Å². The van der Waals surface area contributed by atoms with E-state index in [1.165, 1.54) is 12.1 Å². The highest BCUT2D eigenvalue weighted by Gasteiger charge is 2.16. The van der Waals surface area contributed by atoms with E-state index in [9.17, 15) is 18.5 Å². The average molecular weight is 272 g/mol. The van der Waals surface area contributed by atoms with E-state index in [1.54, 1.807) is 0 Å². The van der Waals surface area contributed by atoms with Gasteiger partial charge in [-0.15, -0.1) is 5.10 Å². The van der Waals surface area contributed by atoms with Crippen molar-refractivity contribution in [2.24, 2.45) is 0 Å². The summed E-state index contributed by atoms with van der Waals surface area (Å²) in [4.78, 5) is 10.8. The van der Waals surface area contributed by atoms with E-state index in [2.05, 4.69) is 10.2 Å². The fourth-order valence-electron chi connectivity index (χ4n) is 1.23. The molecule has 0 aliphatic rings. The molecule has 0 atom stereocenters. The number of nitrogens with zero attached hydrogens (tertiary/aromatic N) is 4. The van der Waals surface area contributed by atoms with Crippen LogP contribution in [0.15, 0.2) is 27.8 Å². The van der Waals surface area contributed by atoms with Crippen LogP contribution in [0.5, 0.6) is 0 Å². The Kier molecular flexibility index (Phi) is 2.87. The van der Waals surface area contributed by atoms with Gasteiger partial charge < -0.3 is 14.5 Å². The average Bonchev–Trinajstić information content (AvgIpc) is 2.85. The molecule has 0 fully saturated rings. The molecule has 2 aromatic heterocycles. The predicted molar refractivity (Wildman–Crippen MR) is 57.6 cm³/mol. The van der Waals surface area contributed by atoms with Crippen molar-refractivity contribution in [3.63, 3.8) is 0 Å². The van der Waals surface area contributed by atoms with Crippen LogP contribution in [0.2, 0.25) is 0 Å². The fraction of sp³-hybridized carbons (Fsp3) is 0.250.